The third kappa shape index (κ3) is 3.56. The van der Waals surface area contributed by atoms with Crippen molar-refractivity contribution in [2.24, 2.45) is 4.99 Å². The van der Waals surface area contributed by atoms with Crippen molar-refractivity contribution < 1.29 is 19.1 Å². The zero-order valence-corrected chi connectivity index (χ0v) is 15.6. The van der Waals surface area contributed by atoms with Crippen LogP contribution in [0.4, 0.5) is 4.79 Å². The highest BCUT2D eigenvalue weighted by Crippen LogP contribution is 2.31. The molecule has 1 unspecified atom stereocenters. The Labute approximate surface area is 167 Å². The first-order valence-corrected chi connectivity index (χ1v) is 9.03. The number of aliphatic imine (C=N–C) groups is 1. The standard InChI is InChI=1S/C22H17N3O4/c1-2-28-20(26)18-15-22(14-13-16-9-5-3-6-10-16)25(24-21(27)29-22)19(23-18)17-11-7-4-8-12-17/h3-12,15H,2H2,1H3,(H,24,27). The molecule has 2 aromatic rings. The van der Waals surface area contributed by atoms with Crippen LogP contribution in [0.25, 0.3) is 0 Å². The van der Waals surface area contributed by atoms with Crippen molar-refractivity contribution in [2.45, 2.75) is 12.6 Å². The van der Waals surface area contributed by atoms with E-state index in [1.807, 2.05) is 60.7 Å². The van der Waals surface area contributed by atoms with E-state index in [1.165, 1.54) is 11.1 Å². The number of fused-ring (bicyclic) bond motifs is 1. The normalized spacial score (nSPS) is 19.6. The van der Waals surface area contributed by atoms with Gasteiger partial charge in [-0.1, -0.05) is 54.5 Å². The SMILES string of the molecule is CCOC(=O)C1=CC2(C#Cc3ccccc3)OC(=O)NN2C(c2ccccc2)=N1. The number of carbonyl (C=O) groups is 2. The van der Waals surface area contributed by atoms with Crippen LogP contribution in [0.15, 0.2) is 77.4 Å². The number of hydrogen-bond donors (Lipinski definition) is 1. The molecule has 2 heterocycles. The zero-order chi connectivity index (χ0) is 20.3. The lowest BCUT2D eigenvalue weighted by Gasteiger charge is -2.32. The third-order valence-corrected chi connectivity index (χ3v) is 4.23. The molecule has 0 saturated carbocycles. The summed E-state index contributed by atoms with van der Waals surface area (Å²) < 4.78 is 10.6. The fraction of sp³-hybridized carbons (Fsp3) is 0.136. The quantitative estimate of drug-likeness (QED) is 0.647. The second-order valence-corrected chi connectivity index (χ2v) is 6.20. The van der Waals surface area contributed by atoms with Crippen LogP contribution in [0.3, 0.4) is 0 Å². The lowest BCUT2D eigenvalue weighted by atomic mass is 10.1. The molecule has 29 heavy (non-hydrogen) atoms. The van der Waals surface area contributed by atoms with Gasteiger partial charge in [0, 0.05) is 17.2 Å². The van der Waals surface area contributed by atoms with Crippen LogP contribution in [0, 0.1) is 11.8 Å². The summed E-state index contributed by atoms with van der Waals surface area (Å²) in [6.07, 6.45) is 0.697. The van der Waals surface area contributed by atoms with Crippen LogP contribution in [-0.2, 0) is 14.3 Å². The first kappa shape index (κ1) is 18.3. The molecule has 0 aromatic heterocycles. The molecule has 4 rings (SSSR count). The molecule has 0 spiro atoms. The number of amides is 1. The van der Waals surface area contributed by atoms with E-state index >= 15 is 0 Å². The third-order valence-electron chi connectivity index (χ3n) is 4.23. The van der Waals surface area contributed by atoms with Gasteiger partial charge >= 0.3 is 12.1 Å². The molecule has 0 bridgehead atoms. The maximum Gasteiger partial charge on any atom is 0.429 e. The molecule has 2 aromatic carbocycles. The average molecular weight is 387 g/mol. The van der Waals surface area contributed by atoms with E-state index in [0.29, 0.717) is 11.4 Å². The summed E-state index contributed by atoms with van der Waals surface area (Å²) >= 11 is 0. The largest absolute Gasteiger partial charge is 0.461 e. The Morgan fingerprint density at radius 2 is 1.86 bits per heavy atom. The lowest BCUT2D eigenvalue weighted by Crippen LogP contribution is -2.53. The van der Waals surface area contributed by atoms with Crippen LogP contribution in [0.1, 0.15) is 18.1 Å². The topological polar surface area (TPSA) is 80.2 Å². The van der Waals surface area contributed by atoms with E-state index in [0.717, 1.165) is 5.56 Å². The fourth-order valence-electron chi connectivity index (χ4n) is 2.96. The average Bonchev–Trinajstić information content (AvgIpc) is 3.09. The smallest absolute Gasteiger partial charge is 0.429 e. The van der Waals surface area contributed by atoms with E-state index in [-0.39, 0.29) is 12.3 Å². The number of ether oxygens (including phenoxy) is 2. The maximum atomic E-state index is 12.4. The highest BCUT2D eigenvalue weighted by Gasteiger charge is 2.50. The summed E-state index contributed by atoms with van der Waals surface area (Å²) in [6.45, 7) is 1.90. The highest BCUT2D eigenvalue weighted by molar-refractivity contribution is 6.05. The second-order valence-electron chi connectivity index (χ2n) is 6.20. The monoisotopic (exact) mass is 387 g/mol. The van der Waals surface area contributed by atoms with Gasteiger partial charge in [-0.25, -0.2) is 25.0 Å². The number of nitrogens with one attached hydrogen (secondary N) is 1. The lowest BCUT2D eigenvalue weighted by molar-refractivity contribution is -0.138. The molecule has 1 N–H and O–H groups in total. The van der Waals surface area contributed by atoms with Crippen LogP contribution in [0.2, 0.25) is 0 Å². The molecule has 2 aliphatic rings. The molecule has 2 aliphatic heterocycles. The number of nitrogens with zero attached hydrogens (tertiary/aromatic N) is 2. The molecule has 7 nitrogen and oxygen atoms in total. The minimum atomic E-state index is -1.54. The zero-order valence-electron chi connectivity index (χ0n) is 15.6. The van der Waals surface area contributed by atoms with Crippen molar-refractivity contribution >= 4 is 17.9 Å². The van der Waals surface area contributed by atoms with Gasteiger partial charge in [-0.15, -0.1) is 0 Å². The number of hydrogen-bond acceptors (Lipinski definition) is 6. The first-order valence-electron chi connectivity index (χ1n) is 9.03. The van der Waals surface area contributed by atoms with E-state index in [1.54, 1.807) is 6.92 Å². The molecule has 0 radical (unpaired) electrons. The minimum Gasteiger partial charge on any atom is -0.461 e. The Hall–Kier alpha value is -4.05. The van der Waals surface area contributed by atoms with E-state index in [4.69, 9.17) is 9.47 Å². The van der Waals surface area contributed by atoms with Crippen LogP contribution >= 0.6 is 0 Å². The van der Waals surface area contributed by atoms with Crippen molar-refractivity contribution in [1.29, 1.82) is 0 Å². The maximum absolute atomic E-state index is 12.4. The van der Waals surface area contributed by atoms with Crippen LogP contribution in [-0.4, -0.2) is 35.2 Å². The molecular formula is C22H17N3O4. The molecule has 1 amide bonds. The van der Waals surface area contributed by atoms with Gasteiger partial charge in [0.05, 0.1) is 6.61 Å². The molecule has 144 valence electrons. The Kier molecular flexibility index (Phi) is 4.75. The summed E-state index contributed by atoms with van der Waals surface area (Å²) in [5.41, 5.74) is 2.51. The number of hydrazine groups is 1. The van der Waals surface area contributed by atoms with E-state index in [2.05, 4.69) is 22.3 Å². The predicted octanol–water partition coefficient (Wildman–Crippen LogP) is 2.60. The number of esters is 1. The summed E-state index contributed by atoms with van der Waals surface area (Å²) in [5.74, 6) is 5.68. The Morgan fingerprint density at radius 3 is 2.55 bits per heavy atom. The fourth-order valence-corrected chi connectivity index (χ4v) is 2.96. The number of rotatable bonds is 3. The second kappa shape index (κ2) is 7.52. The first-order chi connectivity index (χ1) is 14.1. The summed E-state index contributed by atoms with van der Waals surface area (Å²) in [4.78, 5) is 29.0. The van der Waals surface area contributed by atoms with Crippen molar-refractivity contribution in [3.63, 3.8) is 0 Å². The number of amidine groups is 1. The summed E-state index contributed by atoms with van der Waals surface area (Å²) in [5, 5.41) is 1.42. The van der Waals surface area contributed by atoms with Crippen LogP contribution < -0.4 is 5.43 Å². The highest BCUT2D eigenvalue weighted by atomic mass is 16.6. The molecule has 0 aliphatic carbocycles. The van der Waals surface area contributed by atoms with Gasteiger partial charge in [0.15, 0.2) is 11.5 Å². The van der Waals surface area contributed by atoms with Gasteiger partial charge in [-0.2, -0.15) is 0 Å². The molecule has 1 saturated heterocycles. The summed E-state index contributed by atoms with van der Waals surface area (Å²) in [6, 6.07) is 18.4. The molecular weight excluding hydrogens is 370 g/mol. The number of benzene rings is 2. The van der Waals surface area contributed by atoms with Gasteiger partial charge in [-0.3, -0.25) is 0 Å². The van der Waals surface area contributed by atoms with Crippen molar-refractivity contribution in [3.05, 3.63) is 83.6 Å². The van der Waals surface area contributed by atoms with Crippen molar-refractivity contribution in [2.75, 3.05) is 6.61 Å². The van der Waals surface area contributed by atoms with Gasteiger partial charge in [0.2, 0.25) is 0 Å². The van der Waals surface area contributed by atoms with Gasteiger partial charge in [0.1, 0.15) is 0 Å². The summed E-state index contributed by atoms with van der Waals surface area (Å²) in [7, 11) is 0. The number of carbonyl (C=O) groups excluding carboxylic acids is 2. The van der Waals surface area contributed by atoms with E-state index < -0.39 is 17.8 Å². The Morgan fingerprint density at radius 1 is 1.17 bits per heavy atom. The van der Waals surface area contributed by atoms with Gasteiger partial charge in [0.25, 0.3) is 5.72 Å². The molecule has 7 heteroatoms. The molecule has 1 atom stereocenters. The van der Waals surface area contributed by atoms with Gasteiger partial charge < -0.3 is 9.47 Å². The minimum absolute atomic E-state index is 0.0146. The Balaban J connectivity index is 1.85. The molecule has 1 fully saturated rings. The van der Waals surface area contributed by atoms with Crippen molar-refractivity contribution in [3.8, 4) is 11.8 Å². The van der Waals surface area contributed by atoms with Crippen LogP contribution in [0.5, 0.6) is 0 Å². The Bertz CT molecular complexity index is 1070. The van der Waals surface area contributed by atoms with E-state index in [9.17, 15) is 9.59 Å². The van der Waals surface area contributed by atoms with Gasteiger partial charge in [-0.05, 0) is 25.0 Å². The van der Waals surface area contributed by atoms with Crippen molar-refractivity contribution in [1.82, 2.24) is 10.4 Å². The predicted molar refractivity (Wildman–Crippen MR) is 105 cm³/mol.